The average Bonchev–Trinajstić information content (AvgIpc) is 2.69. The molecule has 1 atom stereocenters. The van der Waals surface area contributed by atoms with Crippen molar-refractivity contribution in [1.29, 1.82) is 0 Å². The minimum absolute atomic E-state index is 0.501. The smallest absolute Gasteiger partial charge is 0.0300 e. The van der Waals surface area contributed by atoms with Crippen molar-refractivity contribution in [3.05, 3.63) is 22.4 Å². The van der Waals surface area contributed by atoms with E-state index in [0.717, 1.165) is 6.54 Å². The first-order valence-corrected chi connectivity index (χ1v) is 7.73. The molecule has 15 heavy (non-hydrogen) atoms. The Hall–Kier alpha value is 0.01000. The van der Waals surface area contributed by atoms with Crippen LogP contribution in [0.2, 0.25) is 0 Å². The van der Waals surface area contributed by atoms with Gasteiger partial charge in [0.25, 0.3) is 0 Å². The van der Waals surface area contributed by atoms with E-state index in [4.69, 9.17) is 0 Å². The molecule has 1 aliphatic rings. The Labute approximate surface area is 101 Å². The Kier molecular flexibility index (Phi) is 3.75. The van der Waals surface area contributed by atoms with Crippen LogP contribution in [0.5, 0.6) is 0 Å². The summed E-state index contributed by atoms with van der Waals surface area (Å²) in [4.78, 5) is 0. The molecule has 0 amide bonds. The highest BCUT2D eigenvalue weighted by Gasteiger charge is 2.35. The fourth-order valence-corrected chi connectivity index (χ4v) is 3.68. The van der Waals surface area contributed by atoms with Crippen molar-refractivity contribution in [1.82, 2.24) is 5.32 Å². The lowest BCUT2D eigenvalue weighted by Gasteiger charge is -2.41. The van der Waals surface area contributed by atoms with Crippen LogP contribution in [-0.2, 0) is 0 Å². The molecular weight excluding hydrogens is 222 g/mol. The summed E-state index contributed by atoms with van der Waals surface area (Å²) in [6.45, 7) is 3.42. The van der Waals surface area contributed by atoms with E-state index in [0.29, 0.717) is 10.8 Å². The van der Waals surface area contributed by atoms with E-state index in [2.05, 4.69) is 35.3 Å². The monoisotopic (exact) mass is 241 g/mol. The molecular formula is C12H19NS2. The summed E-state index contributed by atoms with van der Waals surface area (Å²) in [5.41, 5.74) is 1.43. The van der Waals surface area contributed by atoms with E-state index in [1.54, 1.807) is 11.3 Å². The first-order valence-electron chi connectivity index (χ1n) is 5.56. The molecule has 0 saturated heterocycles. The van der Waals surface area contributed by atoms with Crippen LogP contribution in [0.25, 0.3) is 0 Å². The predicted molar refractivity (Wildman–Crippen MR) is 70.8 cm³/mol. The van der Waals surface area contributed by atoms with Gasteiger partial charge in [0.1, 0.15) is 0 Å². The number of thiophene rings is 1. The fourth-order valence-electron chi connectivity index (χ4n) is 2.00. The minimum atomic E-state index is 0.501. The topological polar surface area (TPSA) is 12.0 Å². The van der Waals surface area contributed by atoms with Crippen LogP contribution < -0.4 is 5.32 Å². The Bertz CT molecular complexity index is 285. The zero-order valence-corrected chi connectivity index (χ0v) is 11.1. The summed E-state index contributed by atoms with van der Waals surface area (Å²) in [6, 6.07) is 2.72. The Morgan fingerprint density at radius 3 is 2.87 bits per heavy atom. The summed E-state index contributed by atoms with van der Waals surface area (Å²) < 4.78 is 0.546. The van der Waals surface area contributed by atoms with Gasteiger partial charge >= 0.3 is 0 Å². The van der Waals surface area contributed by atoms with Crippen LogP contribution in [0.4, 0.5) is 0 Å². The highest BCUT2D eigenvalue weighted by atomic mass is 32.2. The van der Waals surface area contributed by atoms with Gasteiger partial charge in [0, 0.05) is 17.3 Å². The zero-order chi connectivity index (χ0) is 10.7. The van der Waals surface area contributed by atoms with Crippen molar-refractivity contribution < 1.29 is 0 Å². The summed E-state index contributed by atoms with van der Waals surface area (Å²) in [7, 11) is 0. The zero-order valence-electron chi connectivity index (χ0n) is 9.45. The van der Waals surface area contributed by atoms with Crippen molar-refractivity contribution in [3.8, 4) is 0 Å². The second-order valence-corrected chi connectivity index (χ2v) is 6.45. The molecule has 0 aromatic carbocycles. The van der Waals surface area contributed by atoms with E-state index in [-0.39, 0.29) is 0 Å². The lowest BCUT2D eigenvalue weighted by molar-refractivity contribution is 0.334. The molecule has 1 aromatic heterocycles. The summed E-state index contributed by atoms with van der Waals surface area (Å²) in [6.07, 6.45) is 6.43. The third kappa shape index (κ3) is 2.58. The molecule has 0 bridgehead atoms. The first kappa shape index (κ1) is 11.5. The number of hydrogen-bond donors (Lipinski definition) is 1. The first-order chi connectivity index (χ1) is 7.26. The molecule has 3 heteroatoms. The van der Waals surface area contributed by atoms with Gasteiger partial charge in [-0.05, 0) is 48.4 Å². The summed E-state index contributed by atoms with van der Waals surface area (Å²) in [5, 5.41) is 8.06. The van der Waals surface area contributed by atoms with Crippen LogP contribution in [0.3, 0.4) is 0 Å². The van der Waals surface area contributed by atoms with E-state index in [1.165, 1.54) is 24.8 Å². The van der Waals surface area contributed by atoms with Gasteiger partial charge in [-0.1, -0.05) is 6.42 Å². The van der Waals surface area contributed by atoms with Crippen LogP contribution >= 0.6 is 23.1 Å². The number of hydrogen-bond acceptors (Lipinski definition) is 3. The lowest BCUT2D eigenvalue weighted by atomic mass is 9.84. The standard InChI is InChI=1S/C12H19NS2/c1-10(11-4-7-15-8-11)13-9-12(14-2)5-3-6-12/h4,7-8,10,13H,3,5-6,9H2,1-2H3. The maximum Gasteiger partial charge on any atom is 0.0300 e. The minimum Gasteiger partial charge on any atom is -0.309 e. The van der Waals surface area contributed by atoms with Crippen molar-refractivity contribution >= 4 is 23.1 Å². The lowest BCUT2D eigenvalue weighted by Crippen LogP contribution is -2.43. The molecule has 0 spiro atoms. The largest absolute Gasteiger partial charge is 0.309 e. The maximum atomic E-state index is 3.66. The molecule has 1 aromatic rings. The van der Waals surface area contributed by atoms with Gasteiger partial charge in [0.15, 0.2) is 0 Å². The Morgan fingerprint density at radius 1 is 1.60 bits per heavy atom. The van der Waals surface area contributed by atoms with E-state index >= 15 is 0 Å². The van der Waals surface area contributed by atoms with Gasteiger partial charge in [0.05, 0.1) is 0 Å². The second kappa shape index (κ2) is 4.89. The SMILES string of the molecule is CSC1(CNC(C)c2ccsc2)CCC1. The van der Waals surface area contributed by atoms with Crippen LogP contribution in [-0.4, -0.2) is 17.5 Å². The van der Waals surface area contributed by atoms with Gasteiger partial charge in [0.2, 0.25) is 0 Å². The highest BCUT2D eigenvalue weighted by molar-refractivity contribution is 8.00. The van der Waals surface area contributed by atoms with Crippen molar-refractivity contribution in [2.45, 2.75) is 37.0 Å². The number of rotatable bonds is 5. The molecule has 1 heterocycles. The van der Waals surface area contributed by atoms with Crippen LogP contribution in [0, 0.1) is 0 Å². The Balaban J connectivity index is 1.82. The van der Waals surface area contributed by atoms with Gasteiger partial charge in [-0.2, -0.15) is 23.1 Å². The van der Waals surface area contributed by atoms with E-state index < -0.39 is 0 Å². The van der Waals surface area contributed by atoms with Crippen molar-refractivity contribution in [2.24, 2.45) is 0 Å². The van der Waals surface area contributed by atoms with Crippen molar-refractivity contribution in [3.63, 3.8) is 0 Å². The normalized spacial score (nSPS) is 20.9. The molecule has 0 aliphatic heterocycles. The van der Waals surface area contributed by atoms with Crippen LogP contribution in [0.15, 0.2) is 16.8 Å². The summed E-state index contributed by atoms with van der Waals surface area (Å²) >= 11 is 3.82. The molecule has 84 valence electrons. The average molecular weight is 241 g/mol. The summed E-state index contributed by atoms with van der Waals surface area (Å²) in [5.74, 6) is 0. The van der Waals surface area contributed by atoms with Gasteiger partial charge in [-0.3, -0.25) is 0 Å². The fraction of sp³-hybridized carbons (Fsp3) is 0.667. The molecule has 1 nitrogen and oxygen atoms in total. The van der Waals surface area contributed by atoms with Crippen LogP contribution in [0.1, 0.15) is 37.8 Å². The van der Waals surface area contributed by atoms with E-state index in [9.17, 15) is 0 Å². The molecule has 1 N–H and O–H groups in total. The molecule has 1 unspecified atom stereocenters. The van der Waals surface area contributed by atoms with Gasteiger partial charge in [-0.25, -0.2) is 0 Å². The molecule has 0 radical (unpaired) electrons. The number of nitrogens with one attached hydrogen (secondary N) is 1. The van der Waals surface area contributed by atoms with Gasteiger partial charge < -0.3 is 5.32 Å². The number of thioether (sulfide) groups is 1. The predicted octanol–water partition coefficient (Wildman–Crippen LogP) is 3.68. The Morgan fingerprint density at radius 2 is 2.40 bits per heavy atom. The second-order valence-electron chi connectivity index (χ2n) is 4.40. The molecule has 1 fully saturated rings. The third-order valence-electron chi connectivity index (χ3n) is 3.47. The van der Waals surface area contributed by atoms with Crippen molar-refractivity contribution in [2.75, 3.05) is 12.8 Å². The van der Waals surface area contributed by atoms with Gasteiger partial charge in [-0.15, -0.1) is 0 Å². The quantitative estimate of drug-likeness (QED) is 0.844. The molecule has 2 rings (SSSR count). The highest BCUT2D eigenvalue weighted by Crippen LogP contribution is 2.42. The van der Waals surface area contributed by atoms with E-state index in [1.807, 2.05) is 11.8 Å². The third-order valence-corrected chi connectivity index (χ3v) is 5.59. The molecule has 1 saturated carbocycles. The maximum absolute atomic E-state index is 3.66. The molecule has 1 aliphatic carbocycles.